The summed E-state index contributed by atoms with van der Waals surface area (Å²) in [4.78, 5) is 14.2. The summed E-state index contributed by atoms with van der Waals surface area (Å²) < 4.78 is 0. The third kappa shape index (κ3) is 2.03. The zero-order valence-electron chi connectivity index (χ0n) is 9.61. The molecule has 2 atom stereocenters. The quantitative estimate of drug-likeness (QED) is 0.764. The van der Waals surface area contributed by atoms with Gasteiger partial charge >= 0.3 is 0 Å². The van der Waals surface area contributed by atoms with Gasteiger partial charge in [-0.15, -0.1) is 0 Å². The molecule has 0 radical (unpaired) electrons. The van der Waals surface area contributed by atoms with Crippen LogP contribution in [0.2, 0.25) is 0 Å². The van der Waals surface area contributed by atoms with Crippen LogP contribution in [0.5, 0.6) is 0 Å². The molecule has 2 aliphatic rings. The maximum Gasteiger partial charge on any atom is 0.225 e. The molecule has 2 fully saturated rings. The Morgan fingerprint density at radius 1 is 1.27 bits per heavy atom. The molecular formula is C12H22N2O. The van der Waals surface area contributed by atoms with Crippen LogP contribution >= 0.6 is 0 Å². The van der Waals surface area contributed by atoms with Gasteiger partial charge in [0.25, 0.3) is 0 Å². The first-order valence-electron chi connectivity index (χ1n) is 6.20. The third-order valence-electron chi connectivity index (χ3n) is 4.25. The lowest BCUT2D eigenvalue weighted by Gasteiger charge is -2.37. The molecule has 15 heavy (non-hydrogen) atoms. The van der Waals surface area contributed by atoms with Crippen LogP contribution in [0.4, 0.5) is 0 Å². The summed E-state index contributed by atoms with van der Waals surface area (Å²) in [5, 5.41) is 0. The lowest BCUT2D eigenvalue weighted by Crippen LogP contribution is -2.45. The Morgan fingerprint density at radius 3 is 2.47 bits per heavy atom. The first kappa shape index (κ1) is 10.9. The Hall–Kier alpha value is -0.570. The molecule has 0 aromatic rings. The van der Waals surface area contributed by atoms with Gasteiger partial charge in [0.05, 0.1) is 0 Å². The second kappa shape index (κ2) is 4.52. The minimum atomic E-state index is 0.223. The van der Waals surface area contributed by atoms with Crippen molar-refractivity contribution in [1.82, 2.24) is 4.90 Å². The maximum absolute atomic E-state index is 12.2. The van der Waals surface area contributed by atoms with E-state index in [0.29, 0.717) is 24.4 Å². The fourth-order valence-corrected chi connectivity index (χ4v) is 2.86. The number of nitrogens with zero attached hydrogens (tertiary/aromatic N) is 1. The molecule has 0 bridgehead atoms. The van der Waals surface area contributed by atoms with E-state index in [1.165, 1.54) is 25.7 Å². The van der Waals surface area contributed by atoms with E-state index in [2.05, 4.69) is 0 Å². The van der Waals surface area contributed by atoms with Crippen molar-refractivity contribution in [3.05, 3.63) is 0 Å². The highest BCUT2D eigenvalue weighted by Gasteiger charge is 2.36. The summed E-state index contributed by atoms with van der Waals surface area (Å²) in [6, 6.07) is 0.525. The van der Waals surface area contributed by atoms with Crippen molar-refractivity contribution in [2.45, 2.75) is 44.6 Å². The number of amides is 1. The van der Waals surface area contributed by atoms with Crippen LogP contribution in [0.25, 0.3) is 0 Å². The summed E-state index contributed by atoms with van der Waals surface area (Å²) in [5.41, 5.74) is 5.71. The average molecular weight is 210 g/mol. The van der Waals surface area contributed by atoms with Gasteiger partial charge in [0.1, 0.15) is 0 Å². The summed E-state index contributed by atoms with van der Waals surface area (Å²) >= 11 is 0. The predicted octanol–water partition coefficient (Wildman–Crippen LogP) is 1.37. The van der Waals surface area contributed by atoms with Gasteiger partial charge in [0.2, 0.25) is 5.91 Å². The molecule has 2 aliphatic carbocycles. The van der Waals surface area contributed by atoms with Gasteiger partial charge < -0.3 is 10.6 Å². The van der Waals surface area contributed by atoms with Crippen LogP contribution in [-0.4, -0.2) is 30.4 Å². The SMILES string of the molecule is CN(C(=O)C1CCCC1CN)C1CCC1. The summed E-state index contributed by atoms with van der Waals surface area (Å²) in [5.74, 6) is 1.02. The molecule has 0 heterocycles. The molecule has 0 spiro atoms. The molecule has 86 valence electrons. The minimum Gasteiger partial charge on any atom is -0.343 e. The fourth-order valence-electron chi connectivity index (χ4n) is 2.86. The summed E-state index contributed by atoms with van der Waals surface area (Å²) in [7, 11) is 1.97. The van der Waals surface area contributed by atoms with Crippen molar-refractivity contribution >= 4 is 5.91 Å². The number of rotatable bonds is 3. The second-order valence-electron chi connectivity index (χ2n) is 5.07. The van der Waals surface area contributed by atoms with E-state index in [9.17, 15) is 4.79 Å². The lowest BCUT2D eigenvalue weighted by molar-refractivity contribution is -0.138. The van der Waals surface area contributed by atoms with E-state index in [1.807, 2.05) is 11.9 Å². The largest absolute Gasteiger partial charge is 0.343 e. The van der Waals surface area contributed by atoms with Gasteiger partial charge in [0, 0.05) is 19.0 Å². The molecule has 2 N–H and O–H groups in total. The number of carbonyl (C=O) groups excluding carboxylic acids is 1. The predicted molar refractivity (Wildman–Crippen MR) is 60.3 cm³/mol. The number of nitrogens with two attached hydrogens (primary N) is 1. The van der Waals surface area contributed by atoms with E-state index >= 15 is 0 Å². The molecule has 3 heteroatoms. The minimum absolute atomic E-state index is 0.223. The molecule has 2 unspecified atom stereocenters. The van der Waals surface area contributed by atoms with Gasteiger partial charge in [-0.2, -0.15) is 0 Å². The van der Waals surface area contributed by atoms with Crippen LogP contribution in [-0.2, 0) is 4.79 Å². The van der Waals surface area contributed by atoms with E-state index in [-0.39, 0.29) is 5.92 Å². The maximum atomic E-state index is 12.2. The molecule has 0 saturated heterocycles. The molecule has 2 saturated carbocycles. The Balaban J connectivity index is 1.93. The zero-order valence-corrected chi connectivity index (χ0v) is 9.61. The number of hydrogen-bond donors (Lipinski definition) is 1. The van der Waals surface area contributed by atoms with Crippen LogP contribution in [0.1, 0.15) is 38.5 Å². The van der Waals surface area contributed by atoms with Crippen LogP contribution < -0.4 is 5.73 Å². The Morgan fingerprint density at radius 2 is 1.93 bits per heavy atom. The molecule has 1 amide bonds. The van der Waals surface area contributed by atoms with Gasteiger partial charge in [-0.1, -0.05) is 6.42 Å². The van der Waals surface area contributed by atoms with Crippen LogP contribution in [0, 0.1) is 11.8 Å². The smallest absolute Gasteiger partial charge is 0.225 e. The lowest BCUT2D eigenvalue weighted by atomic mass is 9.89. The molecule has 3 nitrogen and oxygen atoms in total. The van der Waals surface area contributed by atoms with Crippen molar-refractivity contribution in [2.75, 3.05) is 13.6 Å². The molecule has 0 aliphatic heterocycles. The van der Waals surface area contributed by atoms with Gasteiger partial charge in [-0.3, -0.25) is 4.79 Å². The zero-order chi connectivity index (χ0) is 10.8. The van der Waals surface area contributed by atoms with Crippen LogP contribution in [0.15, 0.2) is 0 Å². The van der Waals surface area contributed by atoms with E-state index in [0.717, 1.165) is 12.8 Å². The van der Waals surface area contributed by atoms with Crippen molar-refractivity contribution in [3.8, 4) is 0 Å². The normalized spacial score (nSPS) is 31.3. The molecular weight excluding hydrogens is 188 g/mol. The Bertz CT molecular complexity index is 238. The van der Waals surface area contributed by atoms with Crippen LogP contribution in [0.3, 0.4) is 0 Å². The highest BCUT2D eigenvalue weighted by molar-refractivity contribution is 5.79. The van der Waals surface area contributed by atoms with Gasteiger partial charge in [0.15, 0.2) is 0 Å². The molecule has 0 aromatic heterocycles. The first-order chi connectivity index (χ1) is 7.24. The van der Waals surface area contributed by atoms with E-state index in [1.54, 1.807) is 0 Å². The van der Waals surface area contributed by atoms with Crippen molar-refractivity contribution < 1.29 is 4.79 Å². The first-order valence-corrected chi connectivity index (χ1v) is 6.20. The summed E-state index contributed by atoms with van der Waals surface area (Å²) in [6.45, 7) is 0.676. The van der Waals surface area contributed by atoms with Gasteiger partial charge in [-0.25, -0.2) is 0 Å². The van der Waals surface area contributed by atoms with Crippen molar-refractivity contribution in [2.24, 2.45) is 17.6 Å². The number of carbonyl (C=O) groups is 1. The topological polar surface area (TPSA) is 46.3 Å². The summed E-state index contributed by atoms with van der Waals surface area (Å²) in [6.07, 6.45) is 7.05. The monoisotopic (exact) mass is 210 g/mol. The standard InChI is InChI=1S/C12H22N2O/c1-14(10-5-3-6-10)12(15)11-7-2-4-9(11)8-13/h9-11H,2-8,13H2,1H3. The highest BCUT2D eigenvalue weighted by atomic mass is 16.2. The Kier molecular flexibility index (Phi) is 3.29. The number of hydrogen-bond acceptors (Lipinski definition) is 2. The highest BCUT2D eigenvalue weighted by Crippen LogP contribution is 2.34. The average Bonchev–Trinajstić information content (AvgIpc) is 2.61. The van der Waals surface area contributed by atoms with Crippen molar-refractivity contribution in [1.29, 1.82) is 0 Å². The third-order valence-corrected chi connectivity index (χ3v) is 4.25. The molecule has 2 rings (SSSR count). The molecule has 0 aromatic carbocycles. The van der Waals surface area contributed by atoms with Gasteiger partial charge in [-0.05, 0) is 44.6 Å². The Labute approximate surface area is 92.0 Å². The second-order valence-corrected chi connectivity index (χ2v) is 5.07. The van der Waals surface area contributed by atoms with E-state index in [4.69, 9.17) is 5.73 Å². The van der Waals surface area contributed by atoms with E-state index < -0.39 is 0 Å². The van der Waals surface area contributed by atoms with Crippen molar-refractivity contribution in [3.63, 3.8) is 0 Å². The fraction of sp³-hybridized carbons (Fsp3) is 0.917.